The third-order valence-electron chi connectivity index (χ3n) is 13.2. The highest BCUT2D eigenvalue weighted by molar-refractivity contribution is 5.91. The van der Waals surface area contributed by atoms with Gasteiger partial charge in [-0.25, -0.2) is 19.6 Å². The fraction of sp³-hybridized carbons (Fsp3) is 0.435. The SMILES string of the molecule is COC(=O)N[C@H](C(=O)N1[C@@H]2C[C@H]2C[C@H]1c1ncc(-c2cccc(-c3ccc4cc(-c5cnc([C@H]6C[C@@H]7C[C@@H]7N6C(=O)[C@H](C(C)C)N(C)C(=O)O)[nH]5)ccc4c3)c2)[nH]1)C(C)C. The number of amides is 4. The van der Waals surface area contributed by atoms with Crippen LogP contribution in [0.1, 0.15) is 77.1 Å². The number of likely N-dealkylation sites (tertiary alicyclic amines) is 2. The number of ether oxygens (including phenoxy) is 1. The van der Waals surface area contributed by atoms with Gasteiger partial charge in [0.05, 0.1) is 43.0 Å². The van der Waals surface area contributed by atoms with Gasteiger partial charge in [-0.2, -0.15) is 0 Å². The second-order valence-corrected chi connectivity index (χ2v) is 17.8. The molecule has 2 saturated heterocycles. The van der Waals surface area contributed by atoms with Gasteiger partial charge in [0.1, 0.15) is 23.7 Å². The minimum Gasteiger partial charge on any atom is -0.465 e. The fourth-order valence-electron chi connectivity index (χ4n) is 9.83. The molecule has 312 valence electrons. The number of likely N-dealkylation sites (N-methyl/N-ethyl adjacent to an activating group) is 1. The predicted octanol–water partition coefficient (Wildman–Crippen LogP) is 7.63. The molecule has 4 heterocycles. The number of aromatic nitrogens is 4. The van der Waals surface area contributed by atoms with E-state index in [0.717, 1.165) is 86.6 Å². The number of carbonyl (C=O) groups is 4. The van der Waals surface area contributed by atoms with Crippen LogP contribution in [0.3, 0.4) is 0 Å². The van der Waals surface area contributed by atoms with E-state index in [1.165, 1.54) is 14.2 Å². The number of benzene rings is 3. The summed E-state index contributed by atoms with van der Waals surface area (Å²) in [4.78, 5) is 73.3. The molecule has 0 bridgehead atoms. The van der Waals surface area contributed by atoms with Crippen molar-refractivity contribution in [3.05, 3.63) is 84.7 Å². The highest BCUT2D eigenvalue weighted by Crippen LogP contribution is 2.54. The van der Waals surface area contributed by atoms with Crippen LogP contribution in [0.2, 0.25) is 0 Å². The molecule has 60 heavy (non-hydrogen) atoms. The van der Waals surface area contributed by atoms with Crippen LogP contribution in [0.25, 0.3) is 44.4 Å². The van der Waals surface area contributed by atoms with Crippen molar-refractivity contribution in [3.63, 3.8) is 0 Å². The summed E-state index contributed by atoms with van der Waals surface area (Å²) in [5.74, 6) is 1.79. The average Bonchev–Trinajstić information content (AvgIpc) is 3.82. The number of imidazole rings is 2. The number of nitrogens with one attached hydrogen (secondary N) is 3. The van der Waals surface area contributed by atoms with Gasteiger partial charge in [-0.1, -0.05) is 70.2 Å². The van der Waals surface area contributed by atoms with E-state index in [0.29, 0.717) is 11.8 Å². The molecule has 2 aliphatic heterocycles. The van der Waals surface area contributed by atoms with Crippen molar-refractivity contribution in [2.45, 2.75) is 89.6 Å². The summed E-state index contributed by atoms with van der Waals surface area (Å²) in [5, 5.41) is 14.6. The highest BCUT2D eigenvalue weighted by atomic mass is 16.5. The lowest BCUT2D eigenvalue weighted by Gasteiger charge is -2.35. The lowest BCUT2D eigenvalue weighted by molar-refractivity contribution is -0.140. The van der Waals surface area contributed by atoms with Crippen LogP contribution >= 0.6 is 0 Å². The van der Waals surface area contributed by atoms with Gasteiger partial charge < -0.3 is 34.9 Å². The first-order valence-electron chi connectivity index (χ1n) is 21.0. The molecule has 4 N–H and O–H groups in total. The number of nitrogens with zero attached hydrogens (tertiary/aromatic N) is 5. The summed E-state index contributed by atoms with van der Waals surface area (Å²) in [7, 11) is 2.77. The number of methoxy groups -OCH3 is 1. The quantitative estimate of drug-likeness (QED) is 0.105. The van der Waals surface area contributed by atoms with Gasteiger partial charge in [-0.15, -0.1) is 0 Å². The van der Waals surface area contributed by atoms with Gasteiger partial charge in [-0.05, 0) is 89.5 Å². The molecule has 2 saturated carbocycles. The smallest absolute Gasteiger partial charge is 0.407 e. The number of rotatable bonds is 11. The number of carboxylic acid groups (broad SMARTS) is 1. The molecular weight excluding hydrogens is 761 g/mol. The first-order valence-corrected chi connectivity index (χ1v) is 21.0. The van der Waals surface area contributed by atoms with Crippen molar-refractivity contribution >= 4 is 34.8 Å². The van der Waals surface area contributed by atoms with Gasteiger partial charge in [0.15, 0.2) is 0 Å². The molecule has 0 spiro atoms. The molecule has 9 rings (SSSR count). The maximum atomic E-state index is 13.9. The molecular formula is C46H52N8O6. The summed E-state index contributed by atoms with van der Waals surface area (Å²) < 4.78 is 4.81. The first kappa shape index (κ1) is 39.3. The standard InChI is InChI=1S/C46H52N8O6/c1-23(2)39(51-45(57)60-6)43(55)53-35-17-31(35)19-37(53)41-47-21-33(49-41)29-9-7-8-25(15-29)26-10-11-28-16-30(13-12-27(28)14-26)34-22-48-42(50-34)38-20-32-18-36(32)54(38)44(56)40(24(3)4)52(5)46(58)59/h7-16,21-24,31-32,35-40H,17-20H2,1-6H3,(H,47,49)(H,48,50)(H,51,57)(H,58,59)/t31-,32-,35+,36-,37-,38+,39-,40-/m0/s1. The second-order valence-electron chi connectivity index (χ2n) is 17.8. The molecule has 14 nitrogen and oxygen atoms in total. The fourth-order valence-corrected chi connectivity index (χ4v) is 9.83. The number of H-pyrrole nitrogens is 2. The van der Waals surface area contributed by atoms with E-state index in [1.54, 1.807) is 0 Å². The van der Waals surface area contributed by atoms with E-state index in [1.807, 2.05) is 56.0 Å². The lowest BCUT2D eigenvalue weighted by atomic mass is 9.98. The number of hydrogen-bond acceptors (Lipinski definition) is 7. The van der Waals surface area contributed by atoms with E-state index in [9.17, 15) is 24.3 Å². The van der Waals surface area contributed by atoms with Gasteiger partial charge in [0.2, 0.25) is 11.8 Å². The Balaban J connectivity index is 0.912. The summed E-state index contributed by atoms with van der Waals surface area (Å²) >= 11 is 0. The van der Waals surface area contributed by atoms with Crippen molar-refractivity contribution in [2.75, 3.05) is 14.2 Å². The Hall–Kier alpha value is -6.18. The van der Waals surface area contributed by atoms with Crippen molar-refractivity contribution in [1.29, 1.82) is 0 Å². The van der Waals surface area contributed by atoms with E-state index in [4.69, 9.17) is 14.7 Å². The van der Waals surface area contributed by atoms with Crippen LogP contribution in [-0.2, 0) is 14.3 Å². The zero-order valence-corrected chi connectivity index (χ0v) is 34.8. The summed E-state index contributed by atoms with van der Waals surface area (Å²) in [5.41, 5.74) is 5.83. The van der Waals surface area contributed by atoms with E-state index in [-0.39, 0.29) is 47.8 Å². The largest absolute Gasteiger partial charge is 0.465 e. The molecule has 8 atom stereocenters. The minimum absolute atomic E-state index is 0.104. The molecule has 2 aliphatic carbocycles. The topological polar surface area (TPSA) is 177 Å². The maximum absolute atomic E-state index is 13.9. The number of alkyl carbamates (subject to hydrolysis) is 1. The Morgan fingerprint density at radius 2 is 1.25 bits per heavy atom. The number of fused-ring (bicyclic) bond motifs is 3. The van der Waals surface area contributed by atoms with Crippen molar-refractivity contribution in [2.24, 2.45) is 23.7 Å². The molecule has 4 fully saturated rings. The van der Waals surface area contributed by atoms with Crippen LogP contribution in [0.5, 0.6) is 0 Å². The zero-order chi connectivity index (χ0) is 42.1. The van der Waals surface area contributed by atoms with Crippen LogP contribution in [0, 0.1) is 23.7 Å². The van der Waals surface area contributed by atoms with Gasteiger partial charge >= 0.3 is 12.2 Å². The predicted molar refractivity (Wildman–Crippen MR) is 225 cm³/mol. The molecule has 5 aromatic rings. The Kier molecular flexibility index (Phi) is 9.91. The third-order valence-corrected chi connectivity index (χ3v) is 13.2. The number of piperidine rings is 2. The third kappa shape index (κ3) is 7.05. The van der Waals surface area contributed by atoms with Crippen LogP contribution < -0.4 is 5.32 Å². The van der Waals surface area contributed by atoms with Crippen molar-refractivity contribution < 1.29 is 29.0 Å². The van der Waals surface area contributed by atoms with E-state index in [2.05, 4.69) is 69.9 Å². The normalized spacial score (nSPS) is 23.7. The van der Waals surface area contributed by atoms with Gasteiger partial charge in [-0.3, -0.25) is 14.5 Å². The molecule has 2 aromatic heterocycles. The Bertz CT molecular complexity index is 2490. The summed E-state index contributed by atoms with van der Waals surface area (Å²) in [6, 6.07) is 19.5. The Morgan fingerprint density at radius 1 is 0.733 bits per heavy atom. The number of hydrogen-bond donors (Lipinski definition) is 4. The monoisotopic (exact) mass is 812 g/mol. The molecule has 14 heteroatoms. The number of aromatic amines is 2. The van der Waals surface area contributed by atoms with Crippen LogP contribution in [-0.4, -0.2) is 102 Å². The van der Waals surface area contributed by atoms with Crippen molar-refractivity contribution in [1.82, 2.24) is 40.0 Å². The summed E-state index contributed by atoms with van der Waals surface area (Å²) in [6.45, 7) is 7.61. The van der Waals surface area contributed by atoms with Gasteiger partial charge in [0, 0.05) is 30.3 Å². The van der Waals surface area contributed by atoms with Crippen molar-refractivity contribution in [3.8, 4) is 33.6 Å². The second kappa shape index (κ2) is 15.1. The average molecular weight is 813 g/mol. The Labute approximate surface area is 348 Å². The Morgan fingerprint density at radius 3 is 1.80 bits per heavy atom. The molecule has 3 aromatic carbocycles. The van der Waals surface area contributed by atoms with E-state index < -0.39 is 24.3 Å². The molecule has 0 radical (unpaired) electrons. The maximum Gasteiger partial charge on any atom is 0.407 e. The molecule has 0 unspecified atom stereocenters. The lowest BCUT2D eigenvalue weighted by Crippen LogP contribution is -2.52. The molecule has 4 amide bonds. The summed E-state index contributed by atoms with van der Waals surface area (Å²) in [6.07, 6.45) is 5.49. The number of carbonyl (C=O) groups excluding carboxylic acids is 3. The van der Waals surface area contributed by atoms with Crippen LogP contribution in [0.15, 0.2) is 73.1 Å². The highest BCUT2D eigenvalue weighted by Gasteiger charge is 2.57. The van der Waals surface area contributed by atoms with E-state index >= 15 is 0 Å². The minimum atomic E-state index is -1.11. The van der Waals surface area contributed by atoms with Gasteiger partial charge in [0.25, 0.3) is 0 Å². The zero-order valence-electron chi connectivity index (χ0n) is 34.8. The molecule has 4 aliphatic rings. The van der Waals surface area contributed by atoms with Crippen LogP contribution in [0.4, 0.5) is 9.59 Å². The first-order chi connectivity index (χ1) is 28.8.